The van der Waals surface area contributed by atoms with Gasteiger partial charge < -0.3 is 25.3 Å². The second-order valence-corrected chi connectivity index (χ2v) is 4.14. The van der Waals surface area contributed by atoms with E-state index in [9.17, 15) is 4.79 Å². The van der Waals surface area contributed by atoms with Crippen LogP contribution in [0.2, 0.25) is 0 Å². The van der Waals surface area contributed by atoms with Gasteiger partial charge in [0.15, 0.2) is 18.1 Å². The number of terminal acetylenes is 1. The van der Waals surface area contributed by atoms with E-state index in [2.05, 4.69) is 11.2 Å². The molecule has 0 saturated carbocycles. The van der Waals surface area contributed by atoms with Crippen LogP contribution in [0.1, 0.15) is 5.56 Å². The number of carbonyl (C=O) groups is 1. The molecular weight excluding hydrogens is 272 g/mol. The van der Waals surface area contributed by atoms with Gasteiger partial charge in [0.1, 0.15) is 0 Å². The van der Waals surface area contributed by atoms with Crippen LogP contribution in [0.4, 0.5) is 0 Å². The molecule has 6 nitrogen and oxygen atoms in total. The quantitative estimate of drug-likeness (QED) is 0.675. The van der Waals surface area contributed by atoms with Crippen molar-refractivity contribution in [2.45, 2.75) is 6.42 Å². The molecule has 3 N–H and O–H groups in total. The molecule has 0 heterocycles. The Morgan fingerprint density at radius 3 is 2.43 bits per heavy atom. The summed E-state index contributed by atoms with van der Waals surface area (Å²) in [6.45, 7) is 0.498. The number of nitrogens with one attached hydrogen (secondary N) is 1. The highest BCUT2D eigenvalue weighted by atomic mass is 16.5. The van der Waals surface area contributed by atoms with Crippen molar-refractivity contribution in [1.29, 1.82) is 0 Å². The van der Waals surface area contributed by atoms with E-state index < -0.39 is 0 Å². The van der Waals surface area contributed by atoms with Gasteiger partial charge >= 0.3 is 0 Å². The summed E-state index contributed by atoms with van der Waals surface area (Å²) in [6, 6.07) is 3.62. The van der Waals surface area contributed by atoms with E-state index in [1.54, 1.807) is 0 Å². The maximum atomic E-state index is 11.5. The van der Waals surface area contributed by atoms with Gasteiger partial charge in [0.2, 0.25) is 5.75 Å². The summed E-state index contributed by atoms with van der Waals surface area (Å²) in [6.07, 6.45) is 5.75. The number of ether oxygens (including phenoxy) is 3. The molecule has 6 heteroatoms. The van der Waals surface area contributed by atoms with E-state index in [-0.39, 0.29) is 19.1 Å². The van der Waals surface area contributed by atoms with Crippen LogP contribution in [0.3, 0.4) is 0 Å². The molecule has 0 aliphatic rings. The Hall–Kier alpha value is -2.39. The number of methoxy groups -OCH3 is 2. The Bertz CT molecular complexity index is 498. The summed E-state index contributed by atoms with van der Waals surface area (Å²) >= 11 is 0. The van der Waals surface area contributed by atoms with Gasteiger partial charge in [-0.1, -0.05) is 5.92 Å². The number of carbonyl (C=O) groups excluding carboxylic acids is 1. The van der Waals surface area contributed by atoms with E-state index in [0.29, 0.717) is 30.2 Å². The summed E-state index contributed by atoms with van der Waals surface area (Å²) in [5.41, 5.74) is 6.51. The van der Waals surface area contributed by atoms with Gasteiger partial charge in [-0.15, -0.1) is 6.42 Å². The van der Waals surface area contributed by atoms with Crippen LogP contribution in [0.15, 0.2) is 12.1 Å². The predicted octanol–water partition coefficient (Wildman–Crippen LogP) is 0.333. The van der Waals surface area contributed by atoms with Crippen molar-refractivity contribution >= 4 is 5.91 Å². The lowest BCUT2D eigenvalue weighted by atomic mass is 10.1. The zero-order valence-electron chi connectivity index (χ0n) is 12.3. The topological polar surface area (TPSA) is 82.8 Å². The third kappa shape index (κ3) is 4.89. The first kappa shape index (κ1) is 16.7. The maximum Gasteiger partial charge on any atom is 0.258 e. The molecule has 0 radical (unpaired) electrons. The van der Waals surface area contributed by atoms with Crippen LogP contribution in [0.5, 0.6) is 17.2 Å². The number of nitrogens with two attached hydrogens (primary N) is 1. The fourth-order valence-electron chi connectivity index (χ4n) is 1.73. The molecule has 21 heavy (non-hydrogen) atoms. The largest absolute Gasteiger partial charge is 0.493 e. The van der Waals surface area contributed by atoms with Crippen molar-refractivity contribution in [2.24, 2.45) is 5.73 Å². The summed E-state index contributed by atoms with van der Waals surface area (Å²) in [5, 5.41) is 2.51. The van der Waals surface area contributed by atoms with Crippen molar-refractivity contribution in [2.75, 3.05) is 33.9 Å². The van der Waals surface area contributed by atoms with E-state index in [0.717, 1.165) is 5.56 Å². The highest BCUT2D eigenvalue weighted by molar-refractivity contribution is 5.78. The molecule has 1 rings (SSSR count). The molecule has 0 fully saturated rings. The number of rotatable bonds is 8. The van der Waals surface area contributed by atoms with Crippen molar-refractivity contribution in [3.05, 3.63) is 17.7 Å². The fraction of sp³-hybridized carbons (Fsp3) is 0.400. The Morgan fingerprint density at radius 1 is 1.33 bits per heavy atom. The smallest absolute Gasteiger partial charge is 0.258 e. The standard InChI is InChI=1S/C15H20N2O4/c1-4-7-17-14(18)10-21-15-12(19-2)8-11(5-6-16)9-13(15)20-3/h1,8-9H,5-7,10,16H2,2-3H3,(H,17,18). The van der Waals surface area contributed by atoms with Crippen LogP contribution in [0.25, 0.3) is 0 Å². The molecule has 0 atom stereocenters. The molecule has 0 saturated heterocycles. The van der Waals surface area contributed by atoms with Crippen LogP contribution in [0, 0.1) is 12.3 Å². The summed E-state index contributed by atoms with van der Waals surface area (Å²) < 4.78 is 16.0. The zero-order valence-corrected chi connectivity index (χ0v) is 12.3. The van der Waals surface area contributed by atoms with Crippen molar-refractivity contribution in [3.63, 3.8) is 0 Å². The van der Waals surface area contributed by atoms with Gasteiger partial charge in [-0.3, -0.25) is 4.79 Å². The Balaban J connectivity index is 2.89. The number of amides is 1. The molecule has 0 bridgehead atoms. The molecule has 0 aromatic heterocycles. The maximum absolute atomic E-state index is 11.5. The highest BCUT2D eigenvalue weighted by Crippen LogP contribution is 2.38. The molecule has 0 unspecified atom stereocenters. The van der Waals surface area contributed by atoms with Crippen LogP contribution >= 0.6 is 0 Å². The average molecular weight is 292 g/mol. The minimum atomic E-state index is -0.317. The van der Waals surface area contributed by atoms with Gasteiger partial charge in [0, 0.05) is 0 Å². The minimum Gasteiger partial charge on any atom is -0.493 e. The lowest BCUT2D eigenvalue weighted by molar-refractivity contribution is -0.122. The summed E-state index contributed by atoms with van der Waals surface area (Å²) in [7, 11) is 3.04. The van der Waals surface area contributed by atoms with Crippen molar-refractivity contribution < 1.29 is 19.0 Å². The normalized spacial score (nSPS) is 9.62. The van der Waals surface area contributed by atoms with E-state index >= 15 is 0 Å². The van der Waals surface area contributed by atoms with Crippen LogP contribution < -0.4 is 25.3 Å². The van der Waals surface area contributed by atoms with Gasteiger partial charge in [0.05, 0.1) is 20.8 Å². The zero-order chi connectivity index (χ0) is 15.7. The Labute approximate surface area is 124 Å². The first-order chi connectivity index (χ1) is 10.2. The average Bonchev–Trinajstić information content (AvgIpc) is 2.50. The van der Waals surface area contributed by atoms with Crippen LogP contribution in [-0.2, 0) is 11.2 Å². The Morgan fingerprint density at radius 2 is 1.95 bits per heavy atom. The number of benzene rings is 1. The van der Waals surface area contributed by atoms with Gasteiger partial charge in [0.25, 0.3) is 5.91 Å². The fourth-order valence-corrected chi connectivity index (χ4v) is 1.73. The summed E-state index contributed by atoms with van der Waals surface area (Å²) in [4.78, 5) is 11.5. The first-order valence-corrected chi connectivity index (χ1v) is 6.44. The molecule has 1 aromatic rings. The lowest BCUT2D eigenvalue weighted by Gasteiger charge is -2.15. The van der Waals surface area contributed by atoms with Crippen LogP contribution in [-0.4, -0.2) is 39.8 Å². The molecule has 1 aromatic carbocycles. The van der Waals surface area contributed by atoms with E-state index in [4.69, 9.17) is 26.4 Å². The highest BCUT2D eigenvalue weighted by Gasteiger charge is 2.15. The Kier molecular flexibility index (Phi) is 6.92. The molecule has 1 amide bonds. The monoisotopic (exact) mass is 292 g/mol. The molecular formula is C15H20N2O4. The molecule has 114 valence electrons. The van der Waals surface area contributed by atoms with Gasteiger partial charge in [-0.05, 0) is 30.7 Å². The molecule has 0 spiro atoms. The minimum absolute atomic E-state index is 0.159. The van der Waals surface area contributed by atoms with E-state index in [1.165, 1.54) is 14.2 Å². The van der Waals surface area contributed by atoms with Crippen molar-refractivity contribution in [1.82, 2.24) is 5.32 Å². The second-order valence-electron chi connectivity index (χ2n) is 4.14. The number of hydrogen-bond donors (Lipinski definition) is 2. The molecule has 0 aliphatic carbocycles. The van der Waals surface area contributed by atoms with Gasteiger partial charge in [-0.2, -0.15) is 0 Å². The first-order valence-electron chi connectivity index (χ1n) is 6.44. The second kappa shape index (κ2) is 8.72. The predicted molar refractivity (Wildman–Crippen MR) is 79.6 cm³/mol. The SMILES string of the molecule is C#CCNC(=O)COc1c(OC)cc(CCN)cc1OC. The van der Waals surface area contributed by atoms with Gasteiger partial charge in [-0.25, -0.2) is 0 Å². The summed E-state index contributed by atoms with van der Waals surface area (Å²) in [5.74, 6) is 3.35. The molecule has 0 aliphatic heterocycles. The van der Waals surface area contributed by atoms with Crippen molar-refractivity contribution in [3.8, 4) is 29.6 Å². The third-order valence-electron chi connectivity index (χ3n) is 2.69. The lowest BCUT2D eigenvalue weighted by Crippen LogP contribution is -2.29. The van der Waals surface area contributed by atoms with E-state index in [1.807, 2.05) is 12.1 Å². The number of hydrogen-bond acceptors (Lipinski definition) is 5. The third-order valence-corrected chi connectivity index (χ3v) is 2.69.